The average Bonchev–Trinajstić information content (AvgIpc) is 2.56. The summed E-state index contributed by atoms with van der Waals surface area (Å²) in [5, 5.41) is 56.0. The van der Waals surface area contributed by atoms with E-state index < -0.39 is 41.2 Å². The van der Waals surface area contributed by atoms with Crippen LogP contribution < -0.4 is 0 Å². The maximum atomic E-state index is 13.2. The highest BCUT2D eigenvalue weighted by Gasteiger charge is 2.39. The molecule has 8 nitrogen and oxygen atoms in total. The molecule has 0 bridgehead atoms. The number of hydrogen-bond donors (Lipinski definition) is 6. The van der Waals surface area contributed by atoms with Crippen molar-refractivity contribution in [2.24, 2.45) is 4.99 Å². The molecule has 0 saturated heterocycles. The largest absolute Gasteiger partial charge is 0.477 e. The Bertz CT molecular complexity index is 766. The lowest BCUT2D eigenvalue weighted by Crippen LogP contribution is -2.36. The molecule has 0 aromatic heterocycles. The molecule has 0 amide bonds. The van der Waals surface area contributed by atoms with Gasteiger partial charge in [0.2, 0.25) is 0 Å². The van der Waals surface area contributed by atoms with Gasteiger partial charge in [0.15, 0.2) is 0 Å². The highest BCUT2D eigenvalue weighted by atomic mass is 35.5. The predicted octanol–water partition coefficient (Wildman–Crippen LogP) is 0.737. The number of carbonyl (C=O) groups is 1. The topological polar surface area (TPSA) is 151 Å². The number of carboxylic acid groups (broad SMARTS) is 1. The molecule has 6 N–H and O–H groups in total. The van der Waals surface area contributed by atoms with E-state index in [0.717, 1.165) is 12.1 Å². The molecule has 0 spiro atoms. The first-order valence-corrected chi connectivity index (χ1v) is 7.45. The lowest BCUT2D eigenvalue weighted by molar-refractivity contribution is -0.324. The summed E-state index contributed by atoms with van der Waals surface area (Å²) in [5.74, 6) is -9.00. The van der Waals surface area contributed by atoms with Crippen LogP contribution in [-0.2, 0) is 16.6 Å². The van der Waals surface area contributed by atoms with E-state index in [1.54, 1.807) is 13.0 Å². The van der Waals surface area contributed by atoms with Gasteiger partial charge >= 0.3 is 11.9 Å². The SMILES string of the molecule is CC=C/C=C(/Cl)C(CF)=Nc1ccc(C(O)(O)O)cc1C(O)(O)C(=O)O. The summed E-state index contributed by atoms with van der Waals surface area (Å²) in [6, 6.07) is 2.44. The Morgan fingerprint density at radius 3 is 2.35 bits per heavy atom. The van der Waals surface area contributed by atoms with Crippen LogP contribution in [0, 0.1) is 0 Å². The van der Waals surface area contributed by atoms with Gasteiger partial charge in [0, 0.05) is 11.1 Å². The zero-order chi connectivity index (χ0) is 20.1. The number of benzene rings is 1. The quantitative estimate of drug-likeness (QED) is 0.228. The molecule has 1 aromatic rings. The molecule has 10 heteroatoms. The van der Waals surface area contributed by atoms with E-state index >= 15 is 0 Å². The molecule has 26 heavy (non-hydrogen) atoms. The van der Waals surface area contributed by atoms with Crippen LogP contribution in [0.1, 0.15) is 18.1 Å². The van der Waals surface area contributed by atoms with E-state index in [0.29, 0.717) is 6.07 Å². The summed E-state index contributed by atoms with van der Waals surface area (Å²) in [5.41, 5.74) is -2.28. The van der Waals surface area contributed by atoms with Crippen molar-refractivity contribution in [3.63, 3.8) is 0 Å². The Kier molecular flexibility index (Phi) is 7.16. The maximum absolute atomic E-state index is 13.2. The molecule has 0 aliphatic heterocycles. The van der Waals surface area contributed by atoms with Crippen molar-refractivity contribution < 1.29 is 39.8 Å². The third-order valence-electron chi connectivity index (χ3n) is 3.15. The van der Waals surface area contributed by atoms with Crippen molar-refractivity contribution in [2.45, 2.75) is 18.7 Å². The molecule has 0 unspecified atom stereocenters. The number of halogens is 2. The molecule has 0 aliphatic rings. The van der Waals surface area contributed by atoms with Gasteiger partial charge in [-0.05, 0) is 31.2 Å². The summed E-state index contributed by atoms with van der Waals surface area (Å²) in [6.45, 7) is 0.530. The number of aliphatic imine (C=N–C) groups is 1. The number of aliphatic carboxylic acids is 1. The van der Waals surface area contributed by atoms with Crippen molar-refractivity contribution in [3.05, 3.63) is 52.6 Å². The van der Waals surface area contributed by atoms with Gasteiger partial charge in [0.1, 0.15) is 6.67 Å². The van der Waals surface area contributed by atoms with Crippen molar-refractivity contribution in [1.29, 1.82) is 0 Å². The molecule has 1 aromatic carbocycles. The van der Waals surface area contributed by atoms with Crippen LogP contribution in [0.2, 0.25) is 0 Å². The number of carboxylic acids is 1. The number of nitrogens with zero attached hydrogens (tertiary/aromatic N) is 1. The van der Waals surface area contributed by atoms with Gasteiger partial charge in [0.25, 0.3) is 5.79 Å². The molecule has 142 valence electrons. The molecule has 0 fully saturated rings. The van der Waals surface area contributed by atoms with Crippen LogP contribution in [0.5, 0.6) is 0 Å². The highest BCUT2D eigenvalue weighted by Crippen LogP contribution is 2.33. The lowest BCUT2D eigenvalue weighted by Gasteiger charge is -2.22. The van der Waals surface area contributed by atoms with Gasteiger partial charge in [0.05, 0.1) is 16.4 Å². The number of alkyl halides is 1. The second-order valence-corrected chi connectivity index (χ2v) is 5.48. The van der Waals surface area contributed by atoms with Crippen molar-refractivity contribution in [1.82, 2.24) is 0 Å². The molecular weight excluding hydrogens is 373 g/mol. The minimum Gasteiger partial charge on any atom is -0.477 e. The average molecular weight is 390 g/mol. The number of hydrogen-bond acceptors (Lipinski definition) is 7. The third-order valence-corrected chi connectivity index (χ3v) is 3.49. The van der Waals surface area contributed by atoms with E-state index in [4.69, 9.17) is 16.7 Å². The number of aliphatic hydroxyl groups is 5. The minimum absolute atomic E-state index is 0.127. The number of rotatable bonds is 7. The van der Waals surface area contributed by atoms with Crippen molar-refractivity contribution in [3.8, 4) is 0 Å². The van der Waals surface area contributed by atoms with Crippen LogP contribution >= 0.6 is 11.6 Å². The first-order valence-electron chi connectivity index (χ1n) is 7.07. The van der Waals surface area contributed by atoms with Gasteiger partial charge < -0.3 is 30.6 Å². The Hall–Kier alpha value is -2.14. The fourth-order valence-corrected chi connectivity index (χ4v) is 1.97. The summed E-state index contributed by atoms with van der Waals surface area (Å²) in [4.78, 5) is 14.9. The Morgan fingerprint density at radius 1 is 1.27 bits per heavy atom. The van der Waals surface area contributed by atoms with Gasteiger partial charge in [-0.1, -0.05) is 23.8 Å². The fourth-order valence-electron chi connectivity index (χ4n) is 1.81. The van der Waals surface area contributed by atoms with Gasteiger partial charge in [-0.3, -0.25) is 0 Å². The Labute approximate surface area is 152 Å². The molecule has 1 rings (SSSR count). The van der Waals surface area contributed by atoms with Crippen LogP contribution in [-0.4, -0.2) is 49.0 Å². The molecule has 0 radical (unpaired) electrons. The summed E-state index contributed by atoms with van der Waals surface area (Å²) >= 11 is 5.89. The zero-order valence-corrected chi connectivity index (χ0v) is 14.2. The van der Waals surface area contributed by atoms with E-state index in [2.05, 4.69) is 4.99 Å². The van der Waals surface area contributed by atoms with Crippen LogP contribution in [0.15, 0.2) is 46.5 Å². The standard InChI is InChI=1S/C16H17ClFNO7/c1-2-3-4-11(17)13(8-18)19-12-6-5-9(16(24,25)26)7-10(12)15(22,23)14(20)21/h2-7,22-26H,8H2,1H3,(H,20,21)/b3-2?,11-4+,19-13?. The summed E-state index contributed by atoms with van der Waals surface area (Å²) < 4.78 is 13.2. The van der Waals surface area contributed by atoms with E-state index in [-0.39, 0.29) is 10.7 Å². The van der Waals surface area contributed by atoms with Crippen LogP contribution in [0.3, 0.4) is 0 Å². The molecule has 0 saturated carbocycles. The fraction of sp³-hybridized carbons (Fsp3) is 0.250. The van der Waals surface area contributed by atoms with Crippen LogP contribution in [0.25, 0.3) is 0 Å². The predicted molar refractivity (Wildman–Crippen MR) is 90.3 cm³/mol. The summed E-state index contributed by atoms with van der Waals surface area (Å²) in [7, 11) is 0. The van der Waals surface area contributed by atoms with Gasteiger partial charge in [-0.2, -0.15) is 0 Å². The Balaban J connectivity index is 3.65. The van der Waals surface area contributed by atoms with E-state index in [1.165, 1.54) is 12.2 Å². The lowest BCUT2D eigenvalue weighted by atomic mass is 9.99. The first kappa shape index (κ1) is 21.9. The first-order chi connectivity index (χ1) is 11.9. The minimum atomic E-state index is -3.51. The zero-order valence-electron chi connectivity index (χ0n) is 13.5. The van der Waals surface area contributed by atoms with Gasteiger partial charge in [-0.25, -0.2) is 14.2 Å². The normalized spacial score (nSPS) is 14.2. The molecule has 0 heterocycles. The molecule has 0 aliphatic carbocycles. The summed E-state index contributed by atoms with van der Waals surface area (Å²) in [6.07, 6.45) is 4.42. The monoisotopic (exact) mass is 389 g/mol. The smallest absolute Gasteiger partial charge is 0.369 e. The van der Waals surface area contributed by atoms with Gasteiger partial charge in [-0.15, -0.1) is 0 Å². The van der Waals surface area contributed by atoms with E-state index in [9.17, 15) is 34.7 Å². The van der Waals surface area contributed by atoms with Crippen molar-refractivity contribution in [2.75, 3.05) is 6.67 Å². The van der Waals surface area contributed by atoms with E-state index in [1.807, 2.05) is 0 Å². The Morgan fingerprint density at radius 2 is 1.88 bits per heavy atom. The second-order valence-electron chi connectivity index (χ2n) is 5.08. The second kappa shape index (κ2) is 8.49. The highest BCUT2D eigenvalue weighted by molar-refractivity contribution is 6.44. The van der Waals surface area contributed by atoms with Crippen LogP contribution in [0.4, 0.5) is 10.1 Å². The number of allylic oxidation sites excluding steroid dienone is 4. The van der Waals surface area contributed by atoms with Crippen molar-refractivity contribution >= 4 is 29.0 Å². The third kappa shape index (κ3) is 5.18. The molecular formula is C16H17ClFNO7. The molecule has 0 atom stereocenters. The maximum Gasteiger partial charge on any atom is 0.369 e.